The molecule has 96 valence electrons. The van der Waals surface area contributed by atoms with Gasteiger partial charge < -0.3 is 10.5 Å². The standard InChI is InChI=1S/C10H10F5NO/c1-9(16,10(13,14)15)6-3-2-4-7(5-6)17-8(11)12/h2-5,8H,16H2,1H3. The van der Waals surface area contributed by atoms with Gasteiger partial charge in [-0.3, -0.25) is 0 Å². The SMILES string of the molecule is CC(N)(c1cccc(OC(F)F)c1)C(F)(F)F. The lowest BCUT2D eigenvalue weighted by Crippen LogP contribution is -2.47. The molecule has 0 aliphatic heterocycles. The Kier molecular flexibility index (Phi) is 3.61. The minimum absolute atomic E-state index is 0.344. The molecule has 0 aromatic heterocycles. The van der Waals surface area contributed by atoms with Crippen molar-refractivity contribution in [2.75, 3.05) is 0 Å². The van der Waals surface area contributed by atoms with E-state index in [4.69, 9.17) is 5.73 Å². The molecule has 0 aliphatic rings. The fourth-order valence-corrected chi connectivity index (χ4v) is 1.16. The maximum atomic E-state index is 12.6. The molecule has 0 amide bonds. The molecule has 0 spiro atoms. The number of hydrogen-bond acceptors (Lipinski definition) is 2. The maximum Gasteiger partial charge on any atom is 0.410 e. The number of alkyl halides is 5. The second kappa shape index (κ2) is 4.48. The first-order valence-electron chi connectivity index (χ1n) is 4.55. The highest BCUT2D eigenvalue weighted by Gasteiger charge is 2.49. The maximum absolute atomic E-state index is 12.6. The Balaban J connectivity index is 3.07. The first-order valence-corrected chi connectivity index (χ1v) is 4.55. The van der Waals surface area contributed by atoms with Gasteiger partial charge in [-0.25, -0.2) is 0 Å². The Morgan fingerprint density at radius 3 is 2.29 bits per heavy atom. The lowest BCUT2D eigenvalue weighted by Gasteiger charge is -2.28. The summed E-state index contributed by atoms with van der Waals surface area (Å²) in [4.78, 5) is 0. The van der Waals surface area contributed by atoms with E-state index in [1.165, 1.54) is 6.07 Å². The number of halogens is 5. The zero-order chi connectivity index (χ0) is 13.3. The number of rotatable bonds is 3. The highest BCUT2D eigenvalue weighted by Crippen LogP contribution is 2.37. The third-order valence-corrected chi connectivity index (χ3v) is 2.25. The summed E-state index contributed by atoms with van der Waals surface area (Å²) in [7, 11) is 0. The summed E-state index contributed by atoms with van der Waals surface area (Å²) in [6, 6.07) is 4.25. The van der Waals surface area contributed by atoms with E-state index in [2.05, 4.69) is 4.74 Å². The summed E-state index contributed by atoms with van der Waals surface area (Å²) in [5.74, 6) is -0.363. The number of nitrogens with two attached hydrogens (primary N) is 1. The van der Waals surface area contributed by atoms with Gasteiger partial charge in [0.15, 0.2) is 0 Å². The minimum Gasteiger partial charge on any atom is -0.435 e. The van der Waals surface area contributed by atoms with Crippen LogP contribution in [0.1, 0.15) is 12.5 Å². The number of ether oxygens (including phenoxy) is 1. The molecule has 0 radical (unpaired) electrons. The largest absolute Gasteiger partial charge is 0.435 e. The van der Waals surface area contributed by atoms with Crippen LogP contribution < -0.4 is 10.5 Å². The van der Waals surface area contributed by atoms with Gasteiger partial charge in [0.1, 0.15) is 11.3 Å². The van der Waals surface area contributed by atoms with Crippen molar-refractivity contribution in [1.82, 2.24) is 0 Å². The van der Waals surface area contributed by atoms with Crippen molar-refractivity contribution in [2.45, 2.75) is 25.3 Å². The van der Waals surface area contributed by atoms with Gasteiger partial charge >= 0.3 is 12.8 Å². The van der Waals surface area contributed by atoms with E-state index in [-0.39, 0.29) is 11.3 Å². The molecular weight excluding hydrogens is 245 g/mol. The van der Waals surface area contributed by atoms with Gasteiger partial charge in [0.05, 0.1) is 0 Å². The zero-order valence-electron chi connectivity index (χ0n) is 8.76. The van der Waals surface area contributed by atoms with Crippen molar-refractivity contribution in [3.63, 3.8) is 0 Å². The van der Waals surface area contributed by atoms with Crippen LogP contribution in [0.3, 0.4) is 0 Å². The molecule has 17 heavy (non-hydrogen) atoms. The predicted octanol–water partition coefficient (Wildman–Crippen LogP) is 3.02. The molecule has 0 saturated carbocycles. The fourth-order valence-electron chi connectivity index (χ4n) is 1.16. The zero-order valence-corrected chi connectivity index (χ0v) is 8.76. The van der Waals surface area contributed by atoms with Crippen LogP contribution in [0.2, 0.25) is 0 Å². The van der Waals surface area contributed by atoms with Crippen molar-refractivity contribution in [1.29, 1.82) is 0 Å². The second-order valence-electron chi connectivity index (χ2n) is 3.61. The molecule has 1 rings (SSSR count). The van der Waals surface area contributed by atoms with Gasteiger partial charge in [-0.15, -0.1) is 0 Å². The van der Waals surface area contributed by atoms with E-state index in [1.807, 2.05) is 0 Å². The summed E-state index contributed by atoms with van der Waals surface area (Å²) in [6.45, 7) is -2.34. The van der Waals surface area contributed by atoms with Crippen LogP contribution in [-0.2, 0) is 5.54 Å². The Hall–Kier alpha value is -1.37. The Labute approximate surface area is 94.2 Å². The lowest BCUT2D eigenvalue weighted by molar-refractivity contribution is -0.184. The molecule has 7 heteroatoms. The molecule has 0 saturated heterocycles. The first kappa shape index (κ1) is 13.7. The van der Waals surface area contributed by atoms with Crippen LogP contribution in [0.5, 0.6) is 5.75 Å². The highest BCUT2D eigenvalue weighted by molar-refractivity contribution is 5.33. The van der Waals surface area contributed by atoms with E-state index in [9.17, 15) is 22.0 Å². The summed E-state index contributed by atoms with van der Waals surface area (Å²) in [5, 5.41) is 0. The number of hydrogen-bond donors (Lipinski definition) is 1. The van der Waals surface area contributed by atoms with Crippen molar-refractivity contribution < 1.29 is 26.7 Å². The van der Waals surface area contributed by atoms with Gasteiger partial charge in [-0.1, -0.05) is 12.1 Å². The average molecular weight is 255 g/mol. The smallest absolute Gasteiger partial charge is 0.410 e. The Morgan fingerprint density at radius 2 is 1.82 bits per heavy atom. The molecule has 1 atom stereocenters. The highest BCUT2D eigenvalue weighted by atomic mass is 19.4. The third kappa shape index (κ3) is 3.06. The molecule has 0 fully saturated rings. The van der Waals surface area contributed by atoms with Crippen LogP contribution in [0.15, 0.2) is 24.3 Å². The topological polar surface area (TPSA) is 35.2 Å². The molecular formula is C10H10F5NO. The van der Waals surface area contributed by atoms with Crippen LogP contribution in [-0.4, -0.2) is 12.8 Å². The van der Waals surface area contributed by atoms with Gasteiger partial charge in [-0.2, -0.15) is 22.0 Å². The van der Waals surface area contributed by atoms with Crippen LogP contribution in [0, 0.1) is 0 Å². The second-order valence-corrected chi connectivity index (χ2v) is 3.61. The van der Waals surface area contributed by atoms with E-state index in [0.717, 1.165) is 25.1 Å². The van der Waals surface area contributed by atoms with Crippen LogP contribution in [0.25, 0.3) is 0 Å². The molecule has 0 aliphatic carbocycles. The monoisotopic (exact) mass is 255 g/mol. The van der Waals surface area contributed by atoms with Crippen molar-refractivity contribution in [2.24, 2.45) is 5.73 Å². The van der Waals surface area contributed by atoms with Gasteiger partial charge in [0.2, 0.25) is 0 Å². The third-order valence-electron chi connectivity index (χ3n) is 2.25. The summed E-state index contributed by atoms with van der Waals surface area (Å²) < 4.78 is 65.6. The number of benzene rings is 1. The molecule has 2 N–H and O–H groups in total. The van der Waals surface area contributed by atoms with Crippen molar-refractivity contribution in [3.8, 4) is 5.75 Å². The molecule has 2 nitrogen and oxygen atoms in total. The summed E-state index contributed by atoms with van der Waals surface area (Å²) >= 11 is 0. The van der Waals surface area contributed by atoms with Gasteiger partial charge in [-0.05, 0) is 24.6 Å². The van der Waals surface area contributed by atoms with E-state index in [1.54, 1.807) is 0 Å². The molecule has 0 heterocycles. The molecule has 1 aromatic carbocycles. The Bertz CT molecular complexity index is 389. The minimum atomic E-state index is -4.68. The molecule has 0 bridgehead atoms. The van der Waals surface area contributed by atoms with Gasteiger partial charge in [0, 0.05) is 0 Å². The fraction of sp³-hybridized carbons (Fsp3) is 0.400. The van der Waals surface area contributed by atoms with Crippen LogP contribution >= 0.6 is 0 Å². The summed E-state index contributed by atoms with van der Waals surface area (Å²) in [6.07, 6.45) is -4.68. The van der Waals surface area contributed by atoms with E-state index in [0.29, 0.717) is 0 Å². The lowest BCUT2D eigenvalue weighted by atomic mass is 9.92. The average Bonchev–Trinajstić information content (AvgIpc) is 2.15. The Morgan fingerprint density at radius 1 is 1.24 bits per heavy atom. The molecule has 1 unspecified atom stereocenters. The van der Waals surface area contributed by atoms with Crippen LogP contribution in [0.4, 0.5) is 22.0 Å². The normalized spacial score (nSPS) is 15.8. The first-order chi connectivity index (χ1) is 7.64. The predicted molar refractivity (Wildman–Crippen MR) is 50.7 cm³/mol. The van der Waals surface area contributed by atoms with Crippen molar-refractivity contribution in [3.05, 3.63) is 29.8 Å². The quantitative estimate of drug-likeness (QED) is 0.842. The van der Waals surface area contributed by atoms with E-state index < -0.39 is 18.3 Å². The van der Waals surface area contributed by atoms with Crippen molar-refractivity contribution >= 4 is 0 Å². The summed E-state index contributed by atoms with van der Waals surface area (Å²) in [5.41, 5.74) is 2.19. The van der Waals surface area contributed by atoms with E-state index >= 15 is 0 Å². The molecule has 1 aromatic rings. The van der Waals surface area contributed by atoms with Gasteiger partial charge in [0.25, 0.3) is 0 Å².